The molecule has 5 rings (SSSR count). The zero-order valence-corrected chi connectivity index (χ0v) is 13.9. The fourth-order valence-corrected chi connectivity index (χ4v) is 3.93. The maximum Gasteiger partial charge on any atom is 0.157 e. The molecule has 0 radical (unpaired) electrons. The van der Waals surface area contributed by atoms with Gasteiger partial charge >= 0.3 is 0 Å². The number of benzene rings is 2. The van der Waals surface area contributed by atoms with Crippen molar-refractivity contribution >= 4 is 43.8 Å². The standard InChI is InChI=1S/C19H13N5S/c1-2-5-12(6-3-1)22-19-15-9-10-25-17(15)13-7-4-8-14(16(13)23-19)18-20-11-21-24-18/h1-11H,(H,22,23)(H,20,21,24). The number of thiophene rings is 1. The Morgan fingerprint density at radius 2 is 1.84 bits per heavy atom. The summed E-state index contributed by atoms with van der Waals surface area (Å²) in [5.74, 6) is 1.57. The minimum absolute atomic E-state index is 0.722. The zero-order chi connectivity index (χ0) is 16.6. The molecule has 0 aliphatic carbocycles. The van der Waals surface area contributed by atoms with Crippen LogP contribution >= 0.6 is 11.3 Å². The second-order valence-corrected chi connectivity index (χ2v) is 6.57. The van der Waals surface area contributed by atoms with E-state index in [1.54, 1.807) is 11.3 Å². The van der Waals surface area contributed by atoms with E-state index in [-0.39, 0.29) is 0 Å². The molecular formula is C19H13N5S. The van der Waals surface area contributed by atoms with Gasteiger partial charge in [-0.05, 0) is 29.6 Å². The Morgan fingerprint density at radius 3 is 2.68 bits per heavy atom. The number of nitrogens with one attached hydrogen (secondary N) is 2. The van der Waals surface area contributed by atoms with Crippen LogP contribution in [0.15, 0.2) is 66.3 Å². The summed E-state index contributed by atoms with van der Waals surface area (Å²) >= 11 is 1.72. The number of anilines is 2. The normalized spacial score (nSPS) is 11.2. The van der Waals surface area contributed by atoms with Crippen LogP contribution in [0, 0.1) is 0 Å². The summed E-state index contributed by atoms with van der Waals surface area (Å²) in [5, 5.41) is 14.7. The Morgan fingerprint density at radius 1 is 0.920 bits per heavy atom. The van der Waals surface area contributed by atoms with E-state index in [4.69, 9.17) is 4.98 Å². The number of hydrogen-bond donors (Lipinski definition) is 2. The van der Waals surface area contributed by atoms with Crippen molar-refractivity contribution in [2.75, 3.05) is 5.32 Å². The first-order chi connectivity index (χ1) is 12.4. The van der Waals surface area contributed by atoms with Crippen molar-refractivity contribution in [2.24, 2.45) is 0 Å². The number of aromatic amines is 1. The molecule has 0 fully saturated rings. The maximum absolute atomic E-state index is 4.93. The van der Waals surface area contributed by atoms with Crippen LogP contribution in [-0.2, 0) is 0 Å². The number of para-hydroxylation sites is 2. The highest BCUT2D eigenvalue weighted by Crippen LogP contribution is 2.37. The Labute approximate surface area is 147 Å². The Bertz CT molecular complexity index is 1160. The van der Waals surface area contributed by atoms with Gasteiger partial charge < -0.3 is 5.32 Å². The van der Waals surface area contributed by atoms with Gasteiger partial charge in [0.05, 0.1) is 5.52 Å². The lowest BCUT2D eigenvalue weighted by atomic mass is 10.1. The molecule has 5 nitrogen and oxygen atoms in total. The lowest BCUT2D eigenvalue weighted by Gasteiger charge is -2.11. The maximum atomic E-state index is 4.93. The van der Waals surface area contributed by atoms with Gasteiger partial charge in [0.15, 0.2) is 5.82 Å². The fraction of sp³-hybridized carbons (Fsp3) is 0. The summed E-state index contributed by atoms with van der Waals surface area (Å²) in [6.45, 7) is 0. The van der Waals surface area contributed by atoms with Crippen LogP contribution in [0.1, 0.15) is 0 Å². The van der Waals surface area contributed by atoms with Gasteiger partial charge in [-0.1, -0.05) is 30.3 Å². The predicted octanol–water partition coefficient (Wildman–Crippen LogP) is 4.98. The first kappa shape index (κ1) is 14.1. The molecule has 0 bridgehead atoms. The van der Waals surface area contributed by atoms with Crippen LogP contribution in [0.4, 0.5) is 11.5 Å². The van der Waals surface area contributed by atoms with E-state index in [1.165, 1.54) is 11.0 Å². The molecule has 0 atom stereocenters. The van der Waals surface area contributed by atoms with Gasteiger partial charge in [0.25, 0.3) is 0 Å². The van der Waals surface area contributed by atoms with Crippen molar-refractivity contribution in [3.05, 3.63) is 66.3 Å². The fourth-order valence-electron chi connectivity index (χ4n) is 3.00. The molecule has 2 aromatic carbocycles. The first-order valence-electron chi connectivity index (χ1n) is 7.88. The van der Waals surface area contributed by atoms with Crippen molar-refractivity contribution in [3.8, 4) is 11.4 Å². The highest BCUT2D eigenvalue weighted by atomic mass is 32.1. The Balaban J connectivity index is 1.79. The molecule has 0 spiro atoms. The molecule has 2 N–H and O–H groups in total. The van der Waals surface area contributed by atoms with Gasteiger partial charge in [-0.25, -0.2) is 9.97 Å². The van der Waals surface area contributed by atoms with Gasteiger partial charge in [0.2, 0.25) is 0 Å². The summed E-state index contributed by atoms with van der Waals surface area (Å²) in [4.78, 5) is 9.23. The number of nitrogens with zero attached hydrogens (tertiary/aromatic N) is 3. The molecular weight excluding hydrogens is 330 g/mol. The molecule has 25 heavy (non-hydrogen) atoms. The average molecular weight is 343 g/mol. The minimum Gasteiger partial charge on any atom is -0.340 e. The summed E-state index contributed by atoms with van der Waals surface area (Å²) in [6, 6.07) is 18.3. The molecule has 5 aromatic rings. The molecule has 0 saturated carbocycles. The number of pyridine rings is 1. The molecule has 0 amide bonds. The van der Waals surface area contributed by atoms with E-state index >= 15 is 0 Å². The predicted molar refractivity (Wildman–Crippen MR) is 102 cm³/mol. The van der Waals surface area contributed by atoms with Gasteiger partial charge in [0.1, 0.15) is 12.1 Å². The van der Waals surface area contributed by atoms with Gasteiger partial charge in [-0.15, -0.1) is 11.3 Å². The number of rotatable bonds is 3. The number of aromatic nitrogens is 4. The van der Waals surface area contributed by atoms with Gasteiger partial charge in [-0.3, -0.25) is 5.10 Å². The minimum atomic E-state index is 0.722. The van der Waals surface area contributed by atoms with Crippen LogP contribution < -0.4 is 5.32 Å². The molecule has 0 aliphatic rings. The number of hydrogen-bond acceptors (Lipinski definition) is 5. The summed E-state index contributed by atoms with van der Waals surface area (Å²) in [6.07, 6.45) is 1.51. The third kappa shape index (κ3) is 2.35. The monoisotopic (exact) mass is 343 g/mol. The van der Waals surface area contributed by atoms with E-state index in [9.17, 15) is 0 Å². The SMILES string of the molecule is c1ccc(Nc2nc3c(-c4ncn[nH]4)cccc3c3sccc23)cc1. The van der Waals surface area contributed by atoms with Gasteiger partial charge in [-0.2, -0.15) is 5.10 Å². The van der Waals surface area contributed by atoms with Crippen LogP contribution in [-0.4, -0.2) is 20.2 Å². The molecule has 0 saturated heterocycles. The highest BCUT2D eigenvalue weighted by molar-refractivity contribution is 7.18. The van der Waals surface area contributed by atoms with Crippen LogP contribution in [0.2, 0.25) is 0 Å². The summed E-state index contributed by atoms with van der Waals surface area (Å²) in [7, 11) is 0. The summed E-state index contributed by atoms with van der Waals surface area (Å²) < 4.78 is 1.21. The van der Waals surface area contributed by atoms with Crippen LogP contribution in [0.3, 0.4) is 0 Å². The number of fused-ring (bicyclic) bond motifs is 3. The van der Waals surface area contributed by atoms with E-state index in [1.807, 2.05) is 42.5 Å². The van der Waals surface area contributed by atoms with Crippen molar-refractivity contribution in [3.63, 3.8) is 0 Å². The Hall–Kier alpha value is -3.25. The van der Waals surface area contributed by atoms with Crippen molar-refractivity contribution in [2.45, 2.75) is 0 Å². The lowest BCUT2D eigenvalue weighted by Crippen LogP contribution is -1.96. The van der Waals surface area contributed by atoms with E-state index in [0.717, 1.165) is 39.2 Å². The molecule has 3 aromatic heterocycles. The molecule has 3 heterocycles. The van der Waals surface area contributed by atoms with E-state index < -0.39 is 0 Å². The second kappa shape index (κ2) is 5.68. The van der Waals surface area contributed by atoms with E-state index in [2.05, 4.69) is 38.0 Å². The third-order valence-corrected chi connectivity index (χ3v) is 5.08. The molecule has 120 valence electrons. The first-order valence-corrected chi connectivity index (χ1v) is 8.76. The average Bonchev–Trinajstić information content (AvgIpc) is 3.34. The largest absolute Gasteiger partial charge is 0.340 e. The smallest absolute Gasteiger partial charge is 0.157 e. The third-order valence-electron chi connectivity index (χ3n) is 4.13. The van der Waals surface area contributed by atoms with Crippen LogP contribution in [0.25, 0.3) is 32.4 Å². The van der Waals surface area contributed by atoms with Crippen molar-refractivity contribution in [1.29, 1.82) is 0 Å². The molecule has 0 unspecified atom stereocenters. The Kier molecular flexibility index (Phi) is 3.21. The van der Waals surface area contributed by atoms with Crippen molar-refractivity contribution < 1.29 is 0 Å². The second-order valence-electron chi connectivity index (χ2n) is 5.65. The quantitative estimate of drug-likeness (QED) is 0.485. The molecule has 0 aliphatic heterocycles. The highest BCUT2D eigenvalue weighted by Gasteiger charge is 2.14. The van der Waals surface area contributed by atoms with Gasteiger partial charge in [0, 0.05) is 26.7 Å². The number of H-pyrrole nitrogens is 1. The summed E-state index contributed by atoms with van der Waals surface area (Å²) in [5.41, 5.74) is 2.87. The topological polar surface area (TPSA) is 66.5 Å². The van der Waals surface area contributed by atoms with E-state index in [0.29, 0.717) is 0 Å². The van der Waals surface area contributed by atoms with Crippen molar-refractivity contribution in [1.82, 2.24) is 20.2 Å². The van der Waals surface area contributed by atoms with Crippen LogP contribution in [0.5, 0.6) is 0 Å². The lowest BCUT2D eigenvalue weighted by molar-refractivity contribution is 1.10. The molecule has 6 heteroatoms. The zero-order valence-electron chi connectivity index (χ0n) is 13.1.